The topological polar surface area (TPSA) is 298 Å². The van der Waals surface area contributed by atoms with Crippen LogP contribution >= 0.6 is 0 Å². The molecule has 4 aliphatic heterocycles. The van der Waals surface area contributed by atoms with Gasteiger partial charge in [-0.3, -0.25) is 47.8 Å². The van der Waals surface area contributed by atoms with Crippen molar-refractivity contribution in [3.63, 3.8) is 0 Å². The Kier molecular flexibility index (Phi) is 21.5. The third-order valence-electron chi connectivity index (χ3n) is 24.2. The maximum Gasteiger partial charge on any atom is 0.240 e. The van der Waals surface area contributed by atoms with Crippen LogP contribution in [0.15, 0.2) is 85.2 Å². The second-order valence-corrected chi connectivity index (χ2v) is 40.3. The molecule has 108 heavy (non-hydrogen) atoms. The maximum absolute atomic E-state index is 14.9. The normalized spacial score (nSPS) is 31.7. The summed E-state index contributed by atoms with van der Waals surface area (Å²) in [4.78, 5) is 126. The summed E-state index contributed by atoms with van der Waals surface area (Å²) in [5, 5.41) is 1.86. The molecule has 14 atom stereocenters. The van der Waals surface area contributed by atoms with E-state index in [-0.39, 0.29) is 156 Å². The molecule has 0 unspecified atom stereocenters. The van der Waals surface area contributed by atoms with Gasteiger partial charge in [-0.15, -0.1) is 0 Å². The van der Waals surface area contributed by atoms with Crippen molar-refractivity contribution >= 4 is 88.4 Å². The molecule has 2 saturated heterocycles. The van der Waals surface area contributed by atoms with Crippen molar-refractivity contribution in [3.05, 3.63) is 85.2 Å². The molecule has 24 heteroatoms. The number of carbonyl (C=O) groups is 8. The number of nitrogens with one attached hydrogen (secondary N) is 2. The van der Waals surface area contributed by atoms with Crippen molar-refractivity contribution in [2.24, 2.45) is 69.0 Å². The van der Waals surface area contributed by atoms with E-state index in [2.05, 4.69) is 33.3 Å². The molecule has 2 N–H and O–H groups in total. The summed E-state index contributed by atoms with van der Waals surface area (Å²) in [6.45, 7) is 23.3. The van der Waals surface area contributed by atoms with Crippen LogP contribution in [0.1, 0.15) is 220 Å². The molecular formula is C84H114N6O16S2. The fourth-order valence-corrected chi connectivity index (χ4v) is 19.6. The van der Waals surface area contributed by atoms with Gasteiger partial charge >= 0.3 is 0 Å². The van der Waals surface area contributed by atoms with Crippen molar-refractivity contribution < 1.29 is 82.4 Å². The lowest BCUT2D eigenvalue weighted by molar-refractivity contribution is -0.145. The van der Waals surface area contributed by atoms with E-state index in [1.54, 1.807) is 62.4 Å². The molecular weight excluding hydrogens is 1410 g/mol. The van der Waals surface area contributed by atoms with Gasteiger partial charge in [0.15, 0.2) is 11.6 Å². The first-order valence-corrected chi connectivity index (χ1v) is 41.6. The molecule has 0 radical (unpaired) electrons. The molecule has 6 heterocycles. The molecule has 2 aromatic carbocycles. The highest BCUT2D eigenvalue weighted by molar-refractivity contribution is 7.92. The monoisotopic (exact) mass is 1530 g/mol. The third-order valence-corrected chi connectivity index (χ3v) is 28.5. The number of rotatable bonds is 18. The number of fused-ring (bicyclic) bond motifs is 6. The first-order chi connectivity index (χ1) is 53.0. The number of amides is 4. The van der Waals surface area contributed by atoms with Crippen molar-refractivity contribution in [2.75, 3.05) is 27.2 Å². The predicted octanol–water partition coefficient (Wildman–Crippen LogP) is 13.2. The van der Waals surface area contributed by atoms with E-state index < -0.39 is 102 Å². The average Bonchev–Trinajstić information content (AvgIpc) is 1.56. The molecule has 4 aromatic rings. The highest BCUT2D eigenvalue weighted by atomic mass is 32.2. The fourth-order valence-electron chi connectivity index (χ4n) is 16.9. The van der Waals surface area contributed by atoms with Gasteiger partial charge in [-0.1, -0.05) is 130 Å². The van der Waals surface area contributed by atoms with Crippen LogP contribution < -0.4 is 28.4 Å². The van der Waals surface area contributed by atoms with Gasteiger partial charge in [-0.05, 0) is 149 Å². The van der Waals surface area contributed by atoms with Crippen LogP contribution in [0.5, 0.6) is 23.3 Å². The van der Waals surface area contributed by atoms with Gasteiger partial charge in [0.25, 0.3) is 0 Å². The van der Waals surface area contributed by atoms with Gasteiger partial charge < -0.3 is 28.7 Å². The molecule has 4 saturated carbocycles. The smallest absolute Gasteiger partial charge is 0.240 e. The molecule has 588 valence electrons. The zero-order chi connectivity index (χ0) is 83.4. The SMILES string of the molecule is [2H]C([2H])([2H])Oc1cnc(O[C@@H]2C[C@H]3C(=O)C[C@]4(C(=O)NS(=O)(=O)C5(C)CC5)C[C@H]4/C=C\CC[C@@H](C)C[C@@H](C)[C@H](CC(=O)CC(C)(C)C)C(=O)N3C2)c2ccccc12.[2H]C([2H])([2H])Oc1cnc(O[C@@H]2C[C@H]3C(=O)C[C@]4(C(=O)NS(=O)(=O)C5(C)CC5)C[C@H]4/C=C\CC[C@H](C)C[C@@H](C)[C@H](CC(=O)CC(C)(C)C)C(=O)N3C2)c2ccccc12. The Bertz CT molecular complexity index is 4370. The summed E-state index contributed by atoms with van der Waals surface area (Å²) in [5.41, 5.74) is -3.16. The van der Waals surface area contributed by atoms with E-state index in [0.29, 0.717) is 98.6 Å². The van der Waals surface area contributed by atoms with E-state index in [1.807, 2.05) is 79.7 Å². The summed E-state index contributed by atoms with van der Waals surface area (Å²) in [7, 11) is -13.4. The van der Waals surface area contributed by atoms with E-state index in [9.17, 15) is 55.2 Å². The predicted molar refractivity (Wildman–Crippen MR) is 412 cm³/mol. The van der Waals surface area contributed by atoms with Gasteiger partial charge in [-0.2, -0.15) is 0 Å². The number of aromatic nitrogens is 2. The highest BCUT2D eigenvalue weighted by Gasteiger charge is 2.65. The molecule has 0 spiro atoms. The van der Waals surface area contributed by atoms with Crippen molar-refractivity contribution in [1.29, 1.82) is 0 Å². The summed E-state index contributed by atoms with van der Waals surface area (Å²) in [6, 6.07) is 11.7. The number of carbonyl (C=O) groups excluding carboxylic acids is 8. The van der Waals surface area contributed by atoms with Crippen molar-refractivity contribution in [2.45, 2.75) is 245 Å². The lowest BCUT2D eigenvalue weighted by Gasteiger charge is -2.32. The first kappa shape index (κ1) is 73.2. The van der Waals surface area contributed by atoms with Crippen LogP contribution in [0.25, 0.3) is 21.5 Å². The average molecular weight is 1530 g/mol. The Morgan fingerprint density at radius 2 is 0.917 bits per heavy atom. The number of Topliss-reactive ketones (excluding diaryl/α,β-unsaturated/α-hetero) is 4. The Hall–Kier alpha value is -7.60. The largest absolute Gasteiger partial charge is 0.494 e. The van der Waals surface area contributed by atoms with E-state index >= 15 is 0 Å². The van der Waals surface area contributed by atoms with Gasteiger partial charge in [0, 0.05) is 84.7 Å². The molecule has 2 aromatic heterocycles. The standard InChI is InChI=1S/2C42H57N3O8S/c2*1-26-12-8-9-13-28-21-42(28,39(49)44-54(50,51)41(6)16-17-41)23-35(47)34-20-30(53-37-32-15-11-10-14-31(32)36(52-7)24-43-37)25-45(34)38(48)33(27(2)18-26)19-29(46)22-40(3,4)5/h2*9-11,13-15,24,26-28,30,33-34H,8,12,16-23,25H2,1-7H3,(H,44,49)/b2*13-9-/t26-,27+,28+,30+,33-,34-,42+;26-,27-,28-,30-,33+,34+,42-/m01/s1/i2*7D3. The van der Waals surface area contributed by atoms with Crippen LogP contribution in [0, 0.1) is 69.0 Å². The van der Waals surface area contributed by atoms with Crippen molar-refractivity contribution in [1.82, 2.24) is 29.2 Å². The summed E-state index contributed by atoms with van der Waals surface area (Å²) >= 11 is 0. The molecule has 12 rings (SSSR count). The second-order valence-electron chi connectivity index (χ2n) is 35.9. The van der Waals surface area contributed by atoms with Gasteiger partial charge in [0.1, 0.15) is 35.3 Å². The third kappa shape index (κ3) is 18.2. The Morgan fingerprint density at radius 1 is 0.556 bits per heavy atom. The Labute approximate surface area is 646 Å². The maximum atomic E-state index is 14.9. The Balaban J connectivity index is 0.000000225. The lowest BCUT2D eigenvalue weighted by Crippen LogP contribution is -2.48. The van der Waals surface area contributed by atoms with E-state index in [4.69, 9.17) is 27.2 Å². The number of hydrogen-bond acceptors (Lipinski definition) is 18. The number of benzene rings is 2. The van der Waals surface area contributed by atoms with Gasteiger partial charge in [0.05, 0.1) is 80.2 Å². The minimum Gasteiger partial charge on any atom is -0.494 e. The number of ketones is 4. The quantitative estimate of drug-likeness (QED) is 0.0875. The van der Waals surface area contributed by atoms with E-state index in [1.165, 1.54) is 22.2 Å². The van der Waals surface area contributed by atoms with Crippen LogP contribution in [0.3, 0.4) is 0 Å². The summed E-state index contributed by atoms with van der Waals surface area (Å²) in [5.74, 6) is -4.54. The number of nitrogens with zero attached hydrogens (tertiary/aromatic N) is 4. The minimum atomic E-state index is -3.97. The van der Waals surface area contributed by atoms with Crippen LogP contribution in [-0.2, 0) is 58.4 Å². The summed E-state index contributed by atoms with van der Waals surface area (Å²) < 4.78 is 125. The van der Waals surface area contributed by atoms with Crippen LogP contribution in [0.4, 0.5) is 0 Å². The number of ether oxygens (including phenoxy) is 4. The number of pyridine rings is 2. The number of methoxy groups -OCH3 is 2. The molecule has 4 aliphatic carbocycles. The number of hydrogen-bond donors (Lipinski definition) is 2. The molecule has 6 fully saturated rings. The van der Waals surface area contributed by atoms with Crippen LogP contribution in [0.2, 0.25) is 0 Å². The van der Waals surface area contributed by atoms with Crippen molar-refractivity contribution in [3.8, 4) is 23.3 Å². The highest BCUT2D eigenvalue weighted by Crippen LogP contribution is 2.59. The molecule has 0 bridgehead atoms. The zero-order valence-corrected chi connectivity index (χ0v) is 66.3. The van der Waals surface area contributed by atoms with E-state index in [0.717, 1.165) is 12.8 Å². The second kappa shape index (κ2) is 31.6. The number of sulfonamides is 2. The Morgan fingerprint density at radius 3 is 1.26 bits per heavy atom. The lowest BCUT2D eigenvalue weighted by atomic mass is 9.79. The zero-order valence-electron chi connectivity index (χ0n) is 70.7. The minimum absolute atomic E-state index is 0.000264. The fraction of sp³-hybridized carbons (Fsp3) is 0.643. The van der Waals surface area contributed by atoms with Gasteiger partial charge in [-0.25, -0.2) is 26.8 Å². The molecule has 8 aliphatic rings. The van der Waals surface area contributed by atoms with Gasteiger partial charge in [0.2, 0.25) is 55.4 Å². The molecule has 4 amide bonds. The first-order valence-electron chi connectivity index (χ1n) is 41.7. The number of allylic oxidation sites excluding steroid dienone is 4. The summed E-state index contributed by atoms with van der Waals surface area (Å²) in [6.07, 6.45) is 16.0. The molecule has 22 nitrogen and oxygen atoms in total. The van der Waals surface area contributed by atoms with Crippen LogP contribution in [-0.4, -0.2) is 144 Å².